The van der Waals surface area contributed by atoms with Gasteiger partial charge in [-0.1, -0.05) is 0 Å². The molecule has 2 fully saturated rings. The molecule has 1 saturated carbocycles. The minimum absolute atomic E-state index is 0.304. The van der Waals surface area contributed by atoms with Gasteiger partial charge in [-0.2, -0.15) is 0 Å². The van der Waals surface area contributed by atoms with Crippen LogP contribution in [0.25, 0.3) is 0 Å². The third-order valence-corrected chi connectivity index (χ3v) is 3.62. The third kappa shape index (κ3) is 2.26. The summed E-state index contributed by atoms with van der Waals surface area (Å²) in [6, 6.07) is 1.91. The Morgan fingerprint density at radius 2 is 2.22 bits per heavy atom. The van der Waals surface area contributed by atoms with Crippen molar-refractivity contribution in [3.8, 4) is 0 Å². The van der Waals surface area contributed by atoms with Gasteiger partial charge < -0.3 is 15.1 Å². The van der Waals surface area contributed by atoms with Crippen molar-refractivity contribution in [1.82, 2.24) is 9.97 Å². The Morgan fingerprint density at radius 1 is 1.39 bits per heavy atom. The Bertz CT molecular complexity index is 434. The number of hydrogen-bond acceptors (Lipinski definition) is 6. The number of hydrazine groups is 1. The van der Waals surface area contributed by atoms with Crippen LogP contribution in [0, 0.1) is 0 Å². The summed E-state index contributed by atoms with van der Waals surface area (Å²) >= 11 is 0. The van der Waals surface area contributed by atoms with Gasteiger partial charge in [0.2, 0.25) is 0 Å². The lowest BCUT2D eigenvalue weighted by Crippen LogP contribution is -2.24. The molecule has 0 spiro atoms. The number of methoxy groups -OCH3 is 1. The van der Waals surface area contributed by atoms with Crippen LogP contribution in [0.3, 0.4) is 0 Å². The molecule has 0 radical (unpaired) electrons. The maximum atomic E-state index is 5.48. The maximum absolute atomic E-state index is 5.48. The zero-order valence-electron chi connectivity index (χ0n) is 10.6. The number of anilines is 2. The van der Waals surface area contributed by atoms with Crippen molar-refractivity contribution in [1.29, 1.82) is 0 Å². The molecule has 0 bridgehead atoms. The Labute approximate surface area is 107 Å². The summed E-state index contributed by atoms with van der Waals surface area (Å²) in [5.74, 6) is 8.58. The Hall–Kier alpha value is -1.40. The summed E-state index contributed by atoms with van der Waals surface area (Å²) < 4.78 is 5.38. The van der Waals surface area contributed by atoms with Crippen molar-refractivity contribution in [3.05, 3.63) is 11.9 Å². The molecule has 6 nitrogen and oxygen atoms in total. The van der Waals surface area contributed by atoms with Gasteiger partial charge in [-0.25, -0.2) is 15.8 Å². The molecule has 3 rings (SSSR count). The van der Waals surface area contributed by atoms with E-state index in [9.17, 15) is 0 Å². The summed E-state index contributed by atoms with van der Waals surface area (Å²) in [5, 5.41) is 0. The normalized spacial score (nSPS) is 23.4. The van der Waals surface area contributed by atoms with Gasteiger partial charge in [-0.15, -0.1) is 0 Å². The fraction of sp³-hybridized carbons (Fsp3) is 0.667. The summed E-state index contributed by atoms with van der Waals surface area (Å²) in [6.45, 7) is 1.87. The number of aromatic nitrogens is 2. The second-order valence-electron chi connectivity index (χ2n) is 4.98. The van der Waals surface area contributed by atoms with Crippen LogP contribution >= 0.6 is 0 Å². The molecule has 98 valence electrons. The molecule has 1 atom stereocenters. The van der Waals surface area contributed by atoms with Crippen LogP contribution in [0.5, 0.6) is 0 Å². The lowest BCUT2D eigenvalue weighted by atomic mass is 10.3. The summed E-state index contributed by atoms with van der Waals surface area (Å²) in [5.41, 5.74) is 2.63. The Kier molecular flexibility index (Phi) is 3.05. The second-order valence-corrected chi connectivity index (χ2v) is 4.98. The largest absolute Gasteiger partial charge is 0.380 e. The molecule has 0 aromatic carbocycles. The molecule has 0 amide bonds. The molecule has 1 aliphatic carbocycles. The molecule has 1 aliphatic heterocycles. The van der Waals surface area contributed by atoms with Crippen molar-refractivity contribution in [2.45, 2.75) is 31.3 Å². The van der Waals surface area contributed by atoms with E-state index in [1.54, 1.807) is 7.11 Å². The smallest absolute Gasteiger partial charge is 0.145 e. The lowest BCUT2D eigenvalue weighted by molar-refractivity contribution is 0.121. The van der Waals surface area contributed by atoms with E-state index in [0.717, 1.165) is 31.2 Å². The summed E-state index contributed by atoms with van der Waals surface area (Å²) in [4.78, 5) is 11.3. The van der Waals surface area contributed by atoms with Crippen LogP contribution in [0.1, 0.15) is 31.0 Å². The minimum Gasteiger partial charge on any atom is -0.380 e. The van der Waals surface area contributed by atoms with Crippen LogP contribution in [-0.4, -0.2) is 36.3 Å². The van der Waals surface area contributed by atoms with Crippen molar-refractivity contribution in [2.75, 3.05) is 30.5 Å². The van der Waals surface area contributed by atoms with E-state index in [4.69, 9.17) is 10.6 Å². The quantitative estimate of drug-likeness (QED) is 0.609. The third-order valence-electron chi connectivity index (χ3n) is 3.62. The number of hydrogen-bond donors (Lipinski definition) is 2. The number of nitrogens with zero attached hydrogens (tertiary/aromatic N) is 3. The Balaban J connectivity index is 1.84. The molecular formula is C12H19N5O. The summed E-state index contributed by atoms with van der Waals surface area (Å²) in [6.07, 6.45) is 3.73. The van der Waals surface area contributed by atoms with E-state index in [1.165, 1.54) is 12.8 Å². The average molecular weight is 249 g/mol. The molecule has 2 aliphatic rings. The van der Waals surface area contributed by atoms with E-state index >= 15 is 0 Å². The number of nitrogens with one attached hydrogen (secondary N) is 1. The fourth-order valence-corrected chi connectivity index (χ4v) is 2.34. The predicted octanol–water partition coefficient (Wildman–Crippen LogP) is 0.865. The molecule has 18 heavy (non-hydrogen) atoms. The van der Waals surface area contributed by atoms with Crippen molar-refractivity contribution in [3.63, 3.8) is 0 Å². The van der Waals surface area contributed by atoms with Crippen LogP contribution in [-0.2, 0) is 4.74 Å². The van der Waals surface area contributed by atoms with Gasteiger partial charge in [0.15, 0.2) is 0 Å². The first-order chi connectivity index (χ1) is 8.80. The fourth-order valence-electron chi connectivity index (χ4n) is 2.34. The molecule has 1 unspecified atom stereocenters. The highest BCUT2D eigenvalue weighted by Crippen LogP contribution is 2.39. The first kappa shape index (κ1) is 11.7. The Morgan fingerprint density at radius 3 is 2.83 bits per heavy atom. The van der Waals surface area contributed by atoms with E-state index in [-0.39, 0.29) is 0 Å². The van der Waals surface area contributed by atoms with E-state index in [1.807, 2.05) is 6.07 Å². The molecule has 1 aromatic rings. The van der Waals surface area contributed by atoms with Crippen LogP contribution < -0.4 is 16.2 Å². The van der Waals surface area contributed by atoms with Gasteiger partial charge in [0.05, 0.1) is 6.10 Å². The zero-order valence-corrected chi connectivity index (χ0v) is 10.6. The number of rotatable bonds is 4. The van der Waals surface area contributed by atoms with Gasteiger partial charge in [0.25, 0.3) is 0 Å². The zero-order chi connectivity index (χ0) is 12.5. The highest BCUT2D eigenvalue weighted by molar-refractivity contribution is 5.50. The van der Waals surface area contributed by atoms with E-state index in [0.29, 0.717) is 17.8 Å². The van der Waals surface area contributed by atoms with Crippen molar-refractivity contribution >= 4 is 11.6 Å². The first-order valence-electron chi connectivity index (χ1n) is 6.43. The number of nitrogens with two attached hydrogens (primary N) is 1. The van der Waals surface area contributed by atoms with Crippen molar-refractivity contribution < 1.29 is 4.74 Å². The monoisotopic (exact) mass is 249 g/mol. The average Bonchev–Trinajstić information content (AvgIpc) is 3.16. The molecule has 1 aromatic heterocycles. The maximum Gasteiger partial charge on any atom is 0.145 e. The van der Waals surface area contributed by atoms with Gasteiger partial charge in [0.1, 0.15) is 17.5 Å². The molecule has 6 heteroatoms. The predicted molar refractivity (Wildman–Crippen MR) is 69.4 cm³/mol. The SMILES string of the molecule is COC1CCN(c2cc(NN)nc(C3CC3)n2)C1. The number of nitrogen functional groups attached to an aromatic ring is 1. The number of ether oxygens (including phenoxy) is 1. The van der Waals surface area contributed by atoms with E-state index < -0.39 is 0 Å². The first-order valence-corrected chi connectivity index (χ1v) is 6.43. The van der Waals surface area contributed by atoms with Crippen LogP contribution in [0.4, 0.5) is 11.6 Å². The highest BCUT2D eigenvalue weighted by atomic mass is 16.5. The van der Waals surface area contributed by atoms with Crippen LogP contribution in [0.15, 0.2) is 6.07 Å². The second kappa shape index (κ2) is 4.70. The van der Waals surface area contributed by atoms with Gasteiger partial charge >= 0.3 is 0 Å². The standard InChI is InChI=1S/C12H19N5O/c1-18-9-4-5-17(7-9)11-6-10(16-13)14-12(15-11)8-2-3-8/h6,8-9H,2-5,7,13H2,1H3,(H,14,15,16). The lowest BCUT2D eigenvalue weighted by Gasteiger charge is -2.18. The summed E-state index contributed by atoms with van der Waals surface area (Å²) in [7, 11) is 1.76. The van der Waals surface area contributed by atoms with E-state index in [2.05, 4.69) is 20.3 Å². The van der Waals surface area contributed by atoms with Gasteiger partial charge in [-0.05, 0) is 19.3 Å². The van der Waals surface area contributed by atoms with Crippen LogP contribution in [0.2, 0.25) is 0 Å². The molecular weight excluding hydrogens is 230 g/mol. The molecule has 2 heterocycles. The molecule has 1 saturated heterocycles. The molecule has 3 N–H and O–H groups in total. The highest BCUT2D eigenvalue weighted by Gasteiger charge is 2.29. The topological polar surface area (TPSA) is 76.3 Å². The van der Waals surface area contributed by atoms with Gasteiger partial charge in [-0.3, -0.25) is 0 Å². The minimum atomic E-state index is 0.304. The van der Waals surface area contributed by atoms with Crippen molar-refractivity contribution in [2.24, 2.45) is 5.84 Å². The van der Waals surface area contributed by atoms with Gasteiger partial charge in [0, 0.05) is 32.2 Å².